The van der Waals surface area contributed by atoms with Crippen LogP contribution >= 0.6 is 0 Å². The highest BCUT2D eigenvalue weighted by Crippen LogP contribution is 2.15. The van der Waals surface area contributed by atoms with Crippen molar-refractivity contribution in [3.05, 3.63) is 59.7 Å². The number of hydrogen-bond acceptors (Lipinski definition) is 5. The molecule has 29 heavy (non-hydrogen) atoms. The quantitative estimate of drug-likeness (QED) is 0.663. The molecule has 2 amide bonds. The van der Waals surface area contributed by atoms with Crippen LogP contribution in [0.1, 0.15) is 18.1 Å². The van der Waals surface area contributed by atoms with E-state index in [0.29, 0.717) is 5.75 Å². The van der Waals surface area contributed by atoms with Crippen molar-refractivity contribution in [2.75, 3.05) is 13.6 Å². The summed E-state index contributed by atoms with van der Waals surface area (Å²) in [6.07, 6.45) is -0.855. The number of hydrazine groups is 1. The van der Waals surface area contributed by atoms with Crippen LogP contribution in [0, 0.1) is 13.8 Å². The van der Waals surface area contributed by atoms with Crippen molar-refractivity contribution in [3.8, 4) is 5.75 Å². The van der Waals surface area contributed by atoms with Gasteiger partial charge in [-0.2, -0.15) is 4.31 Å². The number of benzene rings is 2. The standard InChI is InChI=1S/C20H25N3O5S/c1-14-8-10-18(11-9-14)29(26,27)23(4)13-19(24)21-22-20(25)16(3)28-17-7-5-6-15(2)12-17/h5-12,16H,13H2,1-4H3,(H,21,24)(H,22,25). The second-order valence-electron chi connectivity index (χ2n) is 6.69. The lowest BCUT2D eigenvalue weighted by Crippen LogP contribution is -2.50. The van der Waals surface area contributed by atoms with Crippen LogP contribution < -0.4 is 15.6 Å². The number of nitrogens with zero attached hydrogens (tertiary/aromatic N) is 1. The van der Waals surface area contributed by atoms with Gasteiger partial charge in [-0.25, -0.2) is 8.42 Å². The third-order valence-electron chi connectivity index (χ3n) is 4.09. The van der Waals surface area contributed by atoms with E-state index in [-0.39, 0.29) is 4.90 Å². The Labute approximate surface area is 170 Å². The summed E-state index contributed by atoms with van der Waals surface area (Å²) in [6, 6.07) is 13.5. The molecule has 0 aliphatic carbocycles. The molecule has 2 N–H and O–H groups in total. The fourth-order valence-corrected chi connectivity index (χ4v) is 3.52. The summed E-state index contributed by atoms with van der Waals surface area (Å²) in [6.45, 7) is 4.83. The van der Waals surface area contributed by atoms with Crippen LogP contribution in [-0.4, -0.2) is 44.2 Å². The summed E-state index contributed by atoms with van der Waals surface area (Å²) in [5.74, 6) is -0.717. The van der Waals surface area contributed by atoms with Gasteiger partial charge in [0.05, 0.1) is 11.4 Å². The Morgan fingerprint density at radius 2 is 1.69 bits per heavy atom. The summed E-state index contributed by atoms with van der Waals surface area (Å²) in [7, 11) is -2.52. The van der Waals surface area contributed by atoms with Crippen molar-refractivity contribution in [1.29, 1.82) is 0 Å². The molecule has 1 atom stereocenters. The van der Waals surface area contributed by atoms with Gasteiger partial charge in [0, 0.05) is 7.05 Å². The van der Waals surface area contributed by atoms with Gasteiger partial charge in [0.2, 0.25) is 10.0 Å². The van der Waals surface area contributed by atoms with E-state index in [1.54, 1.807) is 30.3 Å². The Morgan fingerprint density at radius 1 is 1.03 bits per heavy atom. The smallest absolute Gasteiger partial charge is 0.279 e. The van der Waals surface area contributed by atoms with Gasteiger partial charge in [-0.05, 0) is 50.6 Å². The molecule has 0 saturated heterocycles. The second kappa shape index (κ2) is 9.53. The highest BCUT2D eigenvalue weighted by molar-refractivity contribution is 7.89. The number of carbonyl (C=O) groups excluding carboxylic acids is 2. The molecule has 0 spiro atoms. The van der Waals surface area contributed by atoms with E-state index in [2.05, 4.69) is 10.9 Å². The van der Waals surface area contributed by atoms with Gasteiger partial charge in [0.15, 0.2) is 6.10 Å². The number of aryl methyl sites for hydroxylation is 2. The largest absolute Gasteiger partial charge is 0.481 e. The Morgan fingerprint density at radius 3 is 2.31 bits per heavy atom. The number of hydrogen-bond donors (Lipinski definition) is 2. The maximum Gasteiger partial charge on any atom is 0.279 e. The molecule has 0 aliphatic heterocycles. The van der Waals surface area contributed by atoms with Gasteiger partial charge in [0.1, 0.15) is 5.75 Å². The number of likely N-dealkylation sites (N-methyl/N-ethyl adjacent to an activating group) is 1. The zero-order valence-electron chi connectivity index (χ0n) is 16.8. The van der Waals surface area contributed by atoms with Gasteiger partial charge in [-0.3, -0.25) is 20.4 Å². The first-order chi connectivity index (χ1) is 13.6. The molecule has 0 aliphatic rings. The number of ether oxygens (including phenoxy) is 1. The number of rotatable bonds is 7. The van der Waals surface area contributed by atoms with Crippen LogP contribution in [0.5, 0.6) is 5.75 Å². The minimum Gasteiger partial charge on any atom is -0.481 e. The van der Waals surface area contributed by atoms with E-state index in [9.17, 15) is 18.0 Å². The molecular weight excluding hydrogens is 394 g/mol. The van der Waals surface area contributed by atoms with Crippen LogP contribution in [0.4, 0.5) is 0 Å². The number of sulfonamides is 1. The predicted molar refractivity (Wildman–Crippen MR) is 109 cm³/mol. The third-order valence-corrected chi connectivity index (χ3v) is 5.91. The van der Waals surface area contributed by atoms with E-state index >= 15 is 0 Å². The molecule has 2 rings (SSSR count). The van der Waals surface area contributed by atoms with Crippen LogP contribution in [0.2, 0.25) is 0 Å². The third kappa shape index (κ3) is 6.30. The van der Waals surface area contributed by atoms with Gasteiger partial charge in [0.25, 0.3) is 11.8 Å². The van der Waals surface area contributed by atoms with Crippen molar-refractivity contribution in [1.82, 2.24) is 15.2 Å². The SMILES string of the molecule is Cc1ccc(S(=O)(=O)N(C)CC(=O)NNC(=O)C(C)Oc2cccc(C)c2)cc1. The first-order valence-corrected chi connectivity index (χ1v) is 10.4. The Balaban J connectivity index is 1.86. The molecular formula is C20H25N3O5S. The molecule has 0 radical (unpaired) electrons. The normalized spacial score (nSPS) is 12.3. The number of nitrogens with one attached hydrogen (secondary N) is 2. The van der Waals surface area contributed by atoms with E-state index in [1.165, 1.54) is 26.1 Å². The second-order valence-corrected chi connectivity index (χ2v) is 8.73. The highest BCUT2D eigenvalue weighted by atomic mass is 32.2. The summed E-state index contributed by atoms with van der Waals surface area (Å²) in [5, 5.41) is 0. The zero-order valence-corrected chi connectivity index (χ0v) is 17.6. The van der Waals surface area contributed by atoms with E-state index in [4.69, 9.17) is 4.74 Å². The lowest BCUT2D eigenvalue weighted by atomic mass is 10.2. The molecule has 0 bridgehead atoms. The molecule has 0 fully saturated rings. The van der Waals surface area contributed by atoms with Crippen molar-refractivity contribution in [2.24, 2.45) is 0 Å². The minimum absolute atomic E-state index is 0.0858. The lowest BCUT2D eigenvalue weighted by molar-refractivity contribution is -0.132. The zero-order chi connectivity index (χ0) is 21.6. The predicted octanol–water partition coefficient (Wildman–Crippen LogP) is 1.54. The molecule has 8 nitrogen and oxygen atoms in total. The Bertz CT molecular complexity index is 974. The fraction of sp³-hybridized carbons (Fsp3) is 0.300. The van der Waals surface area contributed by atoms with Gasteiger partial charge >= 0.3 is 0 Å². The van der Waals surface area contributed by atoms with E-state index in [1.807, 2.05) is 19.9 Å². The fourth-order valence-electron chi connectivity index (χ4n) is 2.40. The summed E-state index contributed by atoms with van der Waals surface area (Å²) in [4.78, 5) is 24.2. The topological polar surface area (TPSA) is 105 Å². The molecule has 0 heterocycles. The van der Waals surface area contributed by atoms with Gasteiger partial charge < -0.3 is 4.74 Å². The maximum absolute atomic E-state index is 12.5. The van der Waals surface area contributed by atoms with Crippen molar-refractivity contribution >= 4 is 21.8 Å². The van der Waals surface area contributed by atoms with Crippen molar-refractivity contribution < 1.29 is 22.7 Å². The number of amides is 2. The van der Waals surface area contributed by atoms with E-state index in [0.717, 1.165) is 15.4 Å². The van der Waals surface area contributed by atoms with Crippen molar-refractivity contribution in [2.45, 2.75) is 31.8 Å². The average Bonchev–Trinajstić information content (AvgIpc) is 2.66. The molecule has 2 aromatic carbocycles. The van der Waals surface area contributed by atoms with Gasteiger partial charge in [-0.1, -0.05) is 29.8 Å². The summed E-state index contributed by atoms with van der Waals surface area (Å²) in [5.41, 5.74) is 6.35. The van der Waals surface area contributed by atoms with Crippen LogP contribution in [0.3, 0.4) is 0 Å². The first kappa shape index (κ1) is 22.4. The monoisotopic (exact) mass is 419 g/mol. The Kier molecular flexibility index (Phi) is 7.35. The summed E-state index contributed by atoms with van der Waals surface area (Å²) >= 11 is 0. The van der Waals surface area contributed by atoms with Crippen molar-refractivity contribution in [3.63, 3.8) is 0 Å². The molecule has 2 aromatic rings. The maximum atomic E-state index is 12.5. The van der Waals surface area contributed by atoms with Crippen LogP contribution in [0.15, 0.2) is 53.4 Å². The molecule has 0 aromatic heterocycles. The van der Waals surface area contributed by atoms with Crippen LogP contribution in [0.25, 0.3) is 0 Å². The number of carbonyl (C=O) groups is 2. The van der Waals surface area contributed by atoms with Crippen LogP contribution in [-0.2, 0) is 19.6 Å². The van der Waals surface area contributed by atoms with Gasteiger partial charge in [-0.15, -0.1) is 0 Å². The molecule has 0 saturated carbocycles. The minimum atomic E-state index is -3.82. The summed E-state index contributed by atoms with van der Waals surface area (Å²) < 4.78 is 31.4. The van der Waals surface area contributed by atoms with E-state index < -0.39 is 34.5 Å². The molecule has 156 valence electrons. The highest BCUT2D eigenvalue weighted by Gasteiger charge is 2.23. The Hall–Kier alpha value is -2.91. The first-order valence-electron chi connectivity index (χ1n) is 8.94. The molecule has 9 heteroatoms. The molecule has 1 unspecified atom stereocenters. The average molecular weight is 420 g/mol. The lowest BCUT2D eigenvalue weighted by Gasteiger charge is -2.18.